The monoisotopic (exact) mass is 288 g/mol. The van der Waals surface area contributed by atoms with E-state index in [9.17, 15) is 0 Å². The van der Waals surface area contributed by atoms with E-state index in [1.54, 1.807) is 0 Å². The van der Waals surface area contributed by atoms with Gasteiger partial charge in [0.15, 0.2) is 0 Å². The minimum atomic E-state index is 0.171. The van der Waals surface area contributed by atoms with Crippen LogP contribution in [0.1, 0.15) is 21.7 Å². The first-order chi connectivity index (χ1) is 7.86. The first-order valence-corrected chi connectivity index (χ1v) is 6.90. The molecule has 0 saturated carbocycles. The van der Waals surface area contributed by atoms with Crippen molar-refractivity contribution in [3.05, 3.63) is 40.8 Å². The molecule has 1 aromatic carbocycles. The van der Waals surface area contributed by atoms with Gasteiger partial charge in [0.1, 0.15) is 4.83 Å². The van der Waals surface area contributed by atoms with Crippen molar-refractivity contribution >= 4 is 43.4 Å². The van der Waals surface area contributed by atoms with E-state index in [-0.39, 0.29) is 4.83 Å². The highest BCUT2D eigenvalue weighted by Gasteiger charge is 2.15. The van der Waals surface area contributed by atoms with Gasteiger partial charge in [0.25, 0.3) is 0 Å². The largest absolute Gasteiger partial charge is 0.137 e. The summed E-state index contributed by atoms with van der Waals surface area (Å²) < 4.78 is 1.34. The van der Waals surface area contributed by atoms with Gasteiger partial charge in [-0.05, 0) is 11.6 Å². The van der Waals surface area contributed by atoms with Gasteiger partial charge < -0.3 is 0 Å². The molecular weight excluding hydrogens is 280 g/mol. The topological polar surface area (TPSA) is 0 Å². The van der Waals surface area contributed by atoms with Crippen LogP contribution >= 0.6 is 27.3 Å². The highest BCUT2D eigenvalue weighted by molar-refractivity contribution is 9.09. The number of hydrogen-bond acceptors (Lipinski definition) is 1. The second-order valence-corrected chi connectivity index (χ2v) is 5.67. The molecule has 0 saturated heterocycles. The van der Waals surface area contributed by atoms with Gasteiger partial charge in [-0.2, -0.15) is 0 Å². The lowest BCUT2D eigenvalue weighted by Gasteiger charge is -2.03. The second-order valence-electron chi connectivity index (χ2n) is 3.67. The number of benzene rings is 1. The minimum Gasteiger partial charge on any atom is -0.137 e. The first-order valence-electron chi connectivity index (χ1n) is 5.16. The van der Waals surface area contributed by atoms with Crippen LogP contribution in [0.2, 0.25) is 0 Å². The molecule has 0 radical (unpaired) electrons. The van der Waals surface area contributed by atoms with Crippen molar-refractivity contribution in [2.75, 3.05) is 0 Å². The van der Waals surface area contributed by atoms with Crippen LogP contribution in [0.5, 0.6) is 0 Å². The van der Waals surface area contributed by atoms with Crippen molar-refractivity contribution in [2.24, 2.45) is 0 Å². The SMILES string of the molecule is BrC1C#CC/C=C\c2c1sc1ccccc21. The number of halogens is 1. The van der Waals surface area contributed by atoms with Crippen molar-refractivity contribution in [1.82, 2.24) is 0 Å². The number of fused-ring (bicyclic) bond motifs is 3. The highest BCUT2D eigenvalue weighted by atomic mass is 79.9. The van der Waals surface area contributed by atoms with Gasteiger partial charge in [0.2, 0.25) is 0 Å². The Morgan fingerprint density at radius 3 is 3.12 bits per heavy atom. The fourth-order valence-electron chi connectivity index (χ4n) is 1.89. The molecule has 1 unspecified atom stereocenters. The van der Waals surface area contributed by atoms with Crippen LogP contribution in [-0.4, -0.2) is 0 Å². The Bertz CT molecular complexity index is 625. The Morgan fingerprint density at radius 2 is 2.19 bits per heavy atom. The summed E-state index contributed by atoms with van der Waals surface area (Å²) in [7, 11) is 0. The average Bonchev–Trinajstić information content (AvgIpc) is 2.65. The van der Waals surface area contributed by atoms with Gasteiger partial charge in [0, 0.05) is 21.4 Å². The molecule has 0 fully saturated rings. The smallest absolute Gasteiger partial charge is 0.110 e. The number of thiophene rings is 1. The third kappa shape index (κ3) is 1.61. The highest BCUT2D eigenvalue weighted by Crippen LogP contribution is 2.39. The molecule has 1 aliphatic carbocycles. The molecule has 16 heavy (non-hydrogen) atoms. The molecule has 0 spiro atoms. The van der Waals surface area contributed by atoms with E-state index in [1.165, 1.54) is 20.5 Å². The van der Waals surface area contributed by atoms with Crippen LogP contribution in [0.25, 0.3) is 16.2 Å². The van der Waals surface area contributed by atoms with Gasteiger partial charge in [0.05, 0.1) is 0 Å². The van der Waals surface area contributed by atoms with E-state index in [0.717, 1.165) is 6.42 Å². The lowest BCUT2D eigenvalue weighted by Crippen LogP contribution is -1.86. The minimum absolute atomic E-state index is 0.171. The molecule has 0 nitrogen and oxygen atoms in total. The number of allylic oxidation sites excluding steroid dienone is 1. The standard InChI is InChI=1S/C14H9BrS/c15-12-8-3-1-2-7-11-10-6-4-5-9-13(10)16-14(11)12/h2,4-7,9,12H,1H2/b7-2-. The number of alkyl halides is 1. The van der Waals surface area contributed by atoms with E-state index in [4.69, 9.17) is 0 Å². The number of rotatable bonds is 0. The Kier molecular flexibility index (Phi) is 2.59. The Morgan fingerprint density at radius 1 is 1.31 bits per heavy atom. The summed E-state index contributed by atoms with van der Waals surface area (Å²) in [6.07, 6.45) is 5.19. The van der Waals surface area contributed by atoms with Crippen molar-refractivity contribution in [3.63, 3.8) is 0 Å². The normalized spacial score (nSPS) is 20.4. The molecule has 2 heteroatoms. The van der Waals surface area contributed by atoms with E-state index in [0.29, 0.717) is 0 Å². The predicted octanol–water partition coefficient (Wildman–Crippen LogP) is 4.76. The van der Waals surface area contributed by atoms with E-state index in [1.807, 2.05) is 11.3 Å². The molecule has 0 N–H and O–H groups in total. The molecule has 1 heterocycles. The molecule has 2 aromatic rings. The van der Waals surface area contributed by atoms with Crippen LogP contribution in [0, 0.1) is 11.8 Å². The Labute approximate surface area is 107 Å². The fourth-order valence-corrected chi connectivity index (χ4v) is 3.70. The third-order valence-corrected chi connectivity index (χ3v) is 4.87. The van der Waals surface area contributed by atoms with Crippen LogP contribution in [-0.2, 0) is 0 Å². The predicted molar refractivity (Wildman–Crippen MR) is 74.9 cm³/mol. The molecule has 0 aliphatic heterocycles. The third-order valence-electron chi connectivity index (χ3n) is 2.63. The lowest BCUT2D eigenvalue weighted by molar-refractivity contribution is 1.34. The van der Waals surface area contributed by atoms with Crippen LogP contribution in [0.3, 0.4) is 0 Å². The van der Waals surface area contributed by atoms with Crippen molar-refractivity contribution < 1.29 is 0 Å². The molecule has 0 amide bonds. The second kappa shape index (κ2) is 4.08. The first kappa shape index (κ1) is 10.1. The maximum atomic E-state index is 3.65. The molecule has 0 bridgehead atoms. The molecule has 1 aromatic heterocycles. The van der Waals surface area contributed by atoms with Crippen LogP contribution in [0.15, 0.2) is 30.3 Å². The summed E-state index contributed by atoms with van der Waals surface area (Å²) in [5.41, 5.74) is 1.33. The summed E-state index contributed by atoms with van der Waals surface area (Å²) in [4.78, 5) is 1.49. The lowest BCUT2D eigenvalue weighted by atomic mass is 10.1. The maximum Gasteiger partial charge on any atom is 0.110 e. The van der Waals surface area contributed by atoms with Crippen molar-refractivity contribution in [2.45, 2.75) is 11.2 Å². The maximum absolute atomic E-state index is 3.65. The van der Waals surface area contributed by atoms with Gasteiger partial charge in [-0.25, -0.2) is 0 Å². The zero-order valence-electron chi connectivity index (χ0n) is 8.53. The van der Waals surface area contributed by atoms with Crippen LogP contribution < -0.4 is 0 Å². The van der Waals surface area contributed by atoms with Crippen molar-refractivity contribution in [3.8, 4) is 11.8 Å². The van der Waals surface area contributed by atoms with Gasteiger partial charge in [-0.15, -0.1) is 11.3 Å². The fraction of sp³-hybridized carbons (Fsp3) is 0.143. The summed E-state index contributed by atoms with van der Waals surface area (Å²) in [5.74, 6) is 6.37. The molecule has 3 rings (SSSR count). The quantitative estimate of drug-likeness (QED) is 0.484. The average molecular weight is 289 g/mol. The Balaban J connectivity index is 2.34. The summed E-state index contributed by atoms with van der Waals surface area (Å²) in [6, 6.07) is 8.54. The van der Waals surface area contributed by atoms with Gasteiger partial charge in [-0.3, -0.25) is 0 Å². The Hall–Kier alpha value is -1.04. The molecule has 1 aliphatic rings. The summed E-state index contributed by atoms with van der Waals surface area (Å²) in [5, 5.41) is 1.34. The zero-order chi connectivity index (χ0) is 11.0. The molecule has 78 valence electrons. The van der Waals surface area contributed by atoms with E-state index < -0.39 is 0 Å². The van der Waals surface area contributed by atoms with Gasteiger partial charge in [-0.1, -0.05) is 58.1 Å². The van der Waals surface area contributed by atoms with E-state index >= 15 is 0 Å². The number of hydrogen-bond donors (Lipinski definition) is 0. The van der Waals surface area contributed by atoms with Gasteiger partial charge >= 0.3 is 0 Å². The zero-order valence-corrected chi connectivity index (χ0v) is 10.9. The molecular formula is C14H9BrS. The summed E-state index contributed by atoms with van der Waals surface area (Å²) in [6.45, 7) is 0. The van der Waals surface area contributed by atoms with E-state index in [2.05, 4.69) is 64.2 Å². The molecule has 1 atom stereocenters. The summed E-state index contributed by atoms with van der Waals surface area (Å²) >= 11 is 5.48. The van der Waals surface area contributed by atoms with Crippen LogP contribution in [0.4, 0.5) is 0 Å². The van der Waals surface area contributed by atoms with Crippen molar-refractivity contribution in [1.29, 1.82) is 0 Å².